The number of hydrogen-bond acceptors (Lipinski definition) is 5. The lowest BCUT2D eigenvalue weighted by Crippen LogP contribution is -2.52. The summed E-state index contributed by atoms with van der Waals surface area (Å²) in [5, 5.41) is 0.738. The Morgan fingerprint density at radius 2 is 1.97 bits per heavy atom. The monoisotopic (exact) mass is 501 g/mol. The number of ether oxygens (including phenoxy) is 1. The highest BCUT2D eigenvalue weighted by atomic mass is 35.5. The van der Waals surface area contributed by atoms with Gasteiger partial charge in [0.05, 0.1) is 12.3 Å². The number of halogens is 1. The molecule has 35 heavy (non-hydrogen) atoms. The molecule has 1 aromatic heterocycles. The Bertz CT molecular complexity index is 1020. The van der Waals surface area contributed by atoms with Crippen LogP contribution < -0.4 is 4.74 Å². The predicted molar refractivity (Wildman–Crippen MR) is 140 cm³/mol. The summed E-state index contributed by atoms with van der Waals surface area (Å²) in [6, 6.07) is 5.79. The predicted octanol–water partition coefficient (Wildman–Crippen LogP) is 4.07. The lowest BCUT2D eigenvalue weighted by Gasteiger charge is -2.43. The summed E-state index contributed by atoms with van der Waals surface area (Å²) in [5.74, 6) is 2.10. The number of H-pyrrole nitrogens is 1. The molecule has 0 spiro atoms. The van der Waals surface area contributed by atoms with E-state index in [1.165, 1.54) is 0 Å². The van der Waals surface area contributed by atoms with Crippen LogP contribution in [0.3, 0.4) is 0 Å². The Hall–Kier alpha value is -2.09. The summed E-state index contributed by atoms with van der Waals surface area (Å²) >= 11 is 6.22. The van der Waals surface area contributed by atoms with Gasteiger partial charge in [-0.15, -0.1) is 0 Å². The van der Waals surface area contributed by atoms with Crippen molar-refractivity contribution in [3.8, 4) is 5.75 Å². The number of aryl methyl sites for hydroxylation is 3. The molecular formula is C27H40ClN5O2. The van der Waals surface area contributed by atoms with Gasteiger partial charge in [-0.25, -0.2) is 4.98 Å². The maximum atomic E-state index is 13.4. The molecular weight excluding hydrogens is 462 g/mol. The molecule has 0 aliphatic carbocycles. The Morgan fingerprint density at radius 3 is 2.66 bits per heavy atom. The van der Waals surface area contributed by atoms with Crippen molar-refractivity contribution in [2.45, 2.75) is 53.0 Å². The van der Waals surface area contributed by atoms with E-state index < -0.39 is 0 Å². The first-order valence-corrected chi connectivity index (χ1v) is 13.3. The van der Waals surface area contributed by atoms with E-state index >= 15 is 0 Å². The van der Waals surface area contributed by atoms with Gasteiger partial charge in [-0.05, 0) is 64.0 Å². The molecule has 1 unspecified atom stereocenters. The summed E-state index contributed by atoms with van der Waals surface area (Å²) in [5.41, 5.74) is 3.01. The van der Waals surface area contributed by atoms with E-state index in [0.717, 1.165) is 98.6 Å². The summed E-state index contributed by atoms with van der Waals surface area (Å²) in [7, 11) is 2.12. The Balaban J connectivity index is 1.50. The normalized spacial score (nSPS) is 21.9. The number of amides is 1. The first-order chi connectivity index (χ1) is 16.8. The molecule has 2 saturated heterocycles. The average molecular weight is 502 g/mol. The molecule has 0 saturated carbocycles. The second kappa shape index (κ2) is 11.3. The third kappa shape index (κ3) is 6.57. The molecule has 1 N–H and O–H groups in total. The first-order valence-electron chi connectivity index (χ1n) is 12.9. The maximum absolute atomic E-state index is 13.4. The smallest absolute Gasteiger partial charge is 0.223 e. The largest absolute Gasteiger partial charge is 0.493 e. The van der Waals surface area contributed by atoms with Crippen molar-refractivity contribution in [3.05, 3.63) is 46.0 Å². The number of aromatic amines is 1. The molecule has 1 atom stereocenters. The van der Waals surface area contributed by atoms with Crippen LogP contribution in [0.25, 0.3) is 0 Å². The minimum atomic E-state index is -0.232. The summed E-state index contributed by atoms with van der Waals surface area (Å²) in [6.45, 7) is 12.8. The van der Waals surface area contributed by atoms with E-state index in [4.69, 9.17) is 21.3 Å². The third-order valence-electron chi connectivity index (χ3n) is 7.54. The second-order valence-corrected chi connectivity index (χ2v) is 10.9. The number of nitrogens with zero attached hydrogens (tertiary/aromatic N) is 4. The minimum absolute atomic E-state index is 0.232. The molecule has 2 fully saturated rings. The van der Waals surface area contributed by atoms with Crippen LogP contribution in [0.4, 0.5) is 0 Å². The van der Waals surface area contributed by atoms with Crippen molar-refractivity contribution in [2.24, 2.45) is 5.41 Å². The van der Waals surface area contributed by atoms with Crippen molar-refractivity contribution in [2.75, 3.05) is 52.9 Å². The van der Waals surface area contributed by atoms with E-state index in [0.29, 0.717) is 13.0 Å². The number of nitrogens with one attached hydrogen (secondary N) is 1. The molecule has 4 rings (SSSR count). The van der Waals surface area contributed by atoms with Crippen LogP contribution in [0.2, 0.25) is 5.02 Å². The van der Waals surface area contributed by atoms with Crippen molar-refractivity contribution in [3.63, 3.8) is 0 Å². The Morgan fingerprint density at radius 1 is 1.20 bits per heavy atom. The van der Waals surface area contributed by atoms with E-state index in [1.54, 1.807) is 0 Å². The fourth-order valence-electron chi connectivity index (χ4n) is 5.29. The number of piperazine rings is 1. The quantitative estimate of drug-likeness (QED) is 0.590. The number of benzene rings is 1. The molecule has 8 heteroatoms. The lowest BCUT2D eigenvalue weighted by molar-refractivity contribution is -0.137. The number of rotatable bonds is 8. The molecule has 7 nitrogen and oxygen atoms in total. The number of likely N-dealkylation sites (N-methyl/N-ethyl adjacent to an activating group) is 1. The molecule has 2 aliphatic heterocycles. The van der Waals surface area contributed by atoms with E-state index in [-0.39, 0.29) is 11.3 Å². The van der Waals surface area contributed by atoms with Gasteiger partial charge in [-0.1, -0.05) is 18.5 Å². The molecule has 2 aliphatic rings. The average Bonchev–Trinajstić information content (AvgIpc) is 3.19. The second-order valence-electron chi connectivity index (χ2n) is 10.5. The standard InChI is InChI=1S/C27H40ClN5O2/c1-5-25-29-21(3)24(30-25)17-32-10-6-9-27(18-32,16-26(34)33-13-11-31(4)12-14-33)19-35-22-7-8-23(28)20(2)15-22/h7-8,15H,5-6,9-14,16-19H2,1-4H3,(H,29,30). The van der Waals surface area contributed by atoms with Crippen LogP contribution in [0, 0.1) is 19.3 Å². The Kier molecular flexibility index (Phi) is 8.40. The van der Waals surface area contributed by atoms with Crippen LogP contribution in [0.1, 0.15) is 49.0 Å². The number of piperidine rings is 1. The highest BCUT2D eigenvalue weighted by molar-refractivity contribution is 6.31. The van der Waals surface area contributed by atoms with Crippen molar-refractivity contribution in [1.82, 2.24) is 24.7 Å². The number of carbonyl (C=O) groups is 1. The Labute approximate surface area is 214 Å². The SMILES string of the molecule is CCc1nc(CN2CCCC(COc3ccc(Cl)c(C)c3)(CC(=O)N3CCN(C)CC3)C2)c(C)[nH]1. The summed E-state index contributed by atoms with van der Waals surface area (Å²) < 4.78 is 6.35. The zero-order chi connectivity index (χ0) is 25.0. The van der Waals surface area contributed by atoms with Crippen LogP contribution in [-0.4, -0.2) is 83.5 Å². The molecule has 2 aromatic rings. The molecule has 1 amide bonds. The molecule has 3 heterocycles. The number of imidazole rings is 1. The van der Waals surface area contributed by atoms with Gasteiger partial charge in [-0.2, -0.15) is 0 Å². The number of carbonyl (C=O) groups excluding carboxylic acids is 1. The summed E-state index contributed by atoms with van der Waals surface area (Å²) in [6.07, 6.45) is 3.44. The van der Waals surface area contributed by atoms with E-state index in [2.05, 4.69) is 35.7 Å². The maximum Gasteiger partial charge on any atom is 0.223 e. The fourth-order valence-corrected chi connectivity index (χ4v) is 5.40. The van der Waals surface area contributed by atoms with E-state index in [1.807, 2.05) is 30.0 Å². The van der Waals surface area contributed by atoms with Crippen LogP contribution >= 0.6 is 11.6 Å². The van der Waals surface area contributed by atoms with Gasteiger partial charge in [-0.3, -0.25) is 9.69 Å². The van der Waals surface area contributed by atoms with Gasteiger partial charge in [0.15, 0.2) is 0 Å². The topological polar surface area (TPSA) is 64.7 Å². The number of hydrogen-bond donors (Lipinski definition) is 1. The minimum Gasteiger partial charge on any atom is -0.493 e. The van der Waals surface area contributed by atoms with Crippen molar-refractivity contribution in [1.29, 1.82) is 0 Å². The number of aromatic nitrogens is 2. The zero-order valence-electron chi connectivity index (χ0n) is 21.7. The van der Waals surface area contributed by atoms with Crippen LogP contribution in [0.15, 0.2) is 18.2 Å². The van der Waals surface area contributed by atoms with Gasteiger partial charge in [0.25, 0.3) is 0 Å². The molecule has 0 bridgehead atoms. The van der Waals surface area contributed by atoms with Crippen LogP contribution in [0.5, 0.6) is 5.75 Å². The van der Waals surface area contributed by atoms with E-state index in [9.17, 15) is 4.79 Å². The van der Waals surface area contributed by atoms with Gasteiger partial charge < -0.3 is 19.5 Å². The highest BCUT2D eigenvalue weighted by Crippen LogP contribution is 2.36. The fraction of sp³-hybridized carbons (Fsp3) is 0.630. The first kappa shape index (κ1) is 26.0. The van der Waals surface area contributed by atoms with Gasteiger partial charge in [0, 0.05) is 68.2 Å². The molecule has 192 valence electrons. The van der Waals surface area contributed by atoms with Gasteiger partial charge in [0.1, 0.15) is 11.6 Å². The number of likely N-dealkylation sites (tertiary alicyclic amines) is 1. The molecule has 0 radical (unpaired) electrons. The van der Waals surface area contributed by atoms with Gasteiger partial charge in [0.2, 0.25) is 5.91 Å². The zero-order valence-corrected chi connectivity index (χ0v) is 22.5. The van der Waals surface area contributed by atoms with Gasteiger partial charge >= 0.3 is 0 Å². The van der Waals surface area contributed by atoms with Crippen molar-refractivity contribution < 1.29 is 9.53 Å². The highest BCUT2D eigenvalue weighted by Gasteiger charge is 2.40. The lowest BCUT2D eigenvalue weighted by atomic mass is 9.77. The third-order valence-corrected chi connectivity index (χ3v) is 7.96. The van der Waals surface area contributed by atoms with Crippen LogP contribution in [-0.2, 0) is 17.8 Å². The van der Waals surface area contributed by atoms with Crippen molar-refractivity contribution >= 4 is 17.5 Å². The molecule has 1 aromatic carbocycles. The summed E-state index contributed by atoms with van der Waals surface area (Å²) in [4.78, 5) is 28.4.